The molecule has 0 spiro atoms. The molecule has 0 radical (unpaired) electrons. The van der Waals surface area contributed by atoms with E-state index in [1.807, 2.05) is 6.07 Å². The van der Waals surface area contributed by atoms with Crippen LogP contribution in [0.25, 0.3) is 0 Å². The third kappa shape index (κ3) is 6.04. The lowest BCUT2D eigenvalue weighted by Gasteiger charge is -2.22. The lowest BCUT2D eigenvalue weighted by molar-refractivity contribution is 0.0951. The molecule has 0 aliphatic carbocycles. The number of urea groups is 1. The molecule has 3 aromatic carbocycles. The molecule has 0 aromatic heterocycles. The standard InChI is InChI=1S/C27H29FN4O4/c1-35-21-10-11-23(25(16-21)36-2)31-27(34)30-20-9-12-24(32-13-3-4-14-32)22(15-20)26(33)29-17-18-5-7-19(28)8-6-18/h5-12,15-16H,3-4,13-14,17H2,1-2H3,(H,29,33)(H2,30,31,34). The molecular formula is C27H29FN4O4. The number of halogens is 1. The van der Waals surface area contributed by atoms with Gasteiger partial charge in [0.1, 0.15) is 17.3 Å². The van der Waals surface area contributed by atoms with Crippen LogP contribution in [-0.2, 0) is 6.54 Å². The fourth-order valence-corrected chi connectivity index (χ4v) is 4.10. The molecule has 8 nitrogen and oxygen atoms in total. The summed E-state index contributed by atoms with van der Waals surface area (Å²) in [5.41, 5.74) is 3.00. The summed E-state index contributed by atoms with van der Waals surface area (Å²) >= 11 is 0. The Morgan fingerprint density at radius 1 is 0.917 bits per heavy atom. The van der Waals surface area contributed by atoms with Gasteiger partial charge in [0.15, 0.2) is 0 Å². The van der Waals surface area contributed by atoms with Crippen molar-refractivity contribution in [1.29, 1.82) is 0 Å². The molecule has 4 rings (SSSR count). The highest BCUT2D eigenvalue weighted by molar-refractivity contribution is 6.04. The van der Waals surface area contributed by atoms with E-state index in [-0.39, 0.29) is 18.3 Å². The van der Waals surface area contributed by atoms with Gasteiger partial charge in [-0.1, -0.05) is 12.1 Å². The molecular weight excluding hydrogens is 463 g/mol. The van der Waals surface area contributed by atoms with Crippen LogP contribution in [0.3, 0.4) is 0 Å². The zero-order valence-electron chi connectivity index (χ0n) is 20.3. The molecule has 1 heterocycles. The maximum atomic E-state index is 13.2. The largest absolute Gasteiger partial charge is 0.497 e. The number of anilines is 3. The Hall–Kier alpha value is -4.27. The minimum atomic E-state index is -0.481. The third-order valence-electron chi connectivity index (χ3n) is 5.97. The Labute approximate surface area is 209 Å². The van der Waals surface area contributed by atoms with Gasteiger partial charge in [-0.05, 0) is 60.9 Å². The van der Waals surface area contributed by atoms with Crippen molar-refractivity contribution in [3.05, 3.63) is 77.6 Å². The van der Waals surface area contributed by atoms with Crippen LogP contribution < -0.4 is 30.3 Å². The van der Waals surface area contributed by atoms with Crippen LogP contribution >= 0.6 is 0 Å². The predicted molar refractivity (Wildman–Crippen MR) is 138 cm³/mol. The van der Waals surface area contributed by atoms with Gasteiger partial charge >= 0.3 is 6.03 Å². The normalized spacial score (nSPS) is 12.7. The van der Waals surface area contributed by atoms with Crippen LogP contribution in [0.4, 0.5) is 26.2 Å². The number of amides is 3. The van der Waals surface area contributed by atoms with Gasteiger partial charge in [0.25, 0.3) is 5.91 Å². The van der Waals surface area contributed by atoms with E-state index >= 15 is 0 Å². The lowest BCUT2D eigenvalue weighted by Crippen LogP contribution is -2.27. The van der Waals surface area contributed by atoms with Gasteiger partial charge < -0.3 is 30.3 Å². The molecule has 0 saturated carbocycles. The number of nitrogens with one attached hydrogen (secondary N) is 3. The average Bonchev–Trinajstić information content (AvgIpc) is 3.43. The zero-order valence-corrected chi connectivity index (χ0v) is 20.3. The van der Waals surface area contributed by atoms with Gasteiger partial charge in [0, 0.05) is 37.1 Å². The molecule has 1 aliphatic heterocycles. The fraction of sp³-hybridized carbons (Fsp3) is 0.259. The molecule has 3 amide bonds. The van der Waals surface area contributed by atoms with E-state index in [1.165, 1.54) is 19.2 Å². The first-order valence-corrected chi connectivity index (χ1v) is 11.7. The van der Waals surface area contributed by atoms with Gasteiger partial charge in [-0.2, -0.15) is 0 Å². The second kappa shape index (κ2) is 11.4. The molecule has 0 bridgehead atoms. The maximum Gasteiger partial charge on any atom is 0.323 e. The summed E-state index contributed by atoms with van der Waals surface area (Å²) in [6, 6.07) is 15.9. The number of ether oxygens (including phenoxy) is 2. The number of rotatable bonds is 8. The van der Waals surface area contributed by atoms with E-state index in [9.17, 15) is 14.0 Å². The molecule has 0 atom stereocenters. The molecule has 3 aromatic rings. The van der Waals surface area contributed by atoms with Crippen LogP contribution in [0.15, 0.2) is 60.7 Å². The molecule has 1 fully saturated rings. The number of benzene rings is 3. The average molecular weight is 493 g/mol. The predicted octanol–water partition coefficient (Wildman–Crippen LogP) is 5.02. The number of hydrogen-bond donors (Lipinski definition) is 3. The Morgan fingerprint density at radius 3 is 2.36 bits per heavy atom. The van der Waals surface area contributed by atoms with Gasteiger partial charge in [0.2, 0.25) is 0 Å². The Balaban J connectivity index is 1.50. The Kier molecular flexibility index (Phi) is 7.89. The maximum absolute atomic E-state index is 13.2. The van der Waals surface area contributed by atoms with Gasteiger partial charge in [-0.15, -0.1) is 0 Å². The topological polar surface area (TPSA) is 91.9 Å². The summed E-state index contributed by atoms with van der Waals surface area (Å²) in [6.45, 7) is 1.99. The van der Waals surface area contributed by atoms with Crippen LogP contribution in [-0.4, -0.2) is 39.2 Å². The van der Waals surface area contributed by atoms with Gasteiger partial charge in [-0.3, -0.25) is 4.79 Å². The van der Waals surface area contributed by atoms with Crippen molar-refractivity contribution >= 4 is 29.0 Å². The van der Waals surface area contributed by atoms with Crippen LogP contribution in [0.5, 0.6) is 11.5 Å². The summed E-state index contributed by atoms with van der Waals surface area (Å²) in [5.74, 6) is 0.453. The molecule has 36 heavy (non-hydrogen) atoms. The second-order valence-corrected chi connectivity index (χ2v) is 8.38. The Bertz CT molecular complexity index is 1230. The number of carbonyl (C=O) groups excluding carboxylic acids is 2. The number of hydrogen-bond acceptors (Lipinski definition) is 5. The first-order chi connectivity index (χ1) is 17.5. The highest BCUT2D eigenvalue weighted by Crippen LogP contribution is 2.30. The minimum absolute atomic E-state index is 0.258. The highest BCUT2D eigenvalue weighted by atomic mass is 19.1. The highest BCUT2D eigenvalue weighted by Gasteiger charge is 2.21. The van der Waals surface area contributed by atoms with E-state index in [1.54, 1.807) is 49.6 Å². The monoisotopic (exact) mass is 492 g/mol. The molecule has 188 valence electrons. The van der Waals surface area contributed by atoms with E-state index in [0.29, 0.717) is 28.4 Å². The lowest BCUT2D eigenvalue weighted by atomic mass is 10.1. The number of carbonyl (C=O) groups is 2. The summed E-state index contributed by atoms with van der Waals surface area (Å²) in [6.07, 6.45) is 2.12. The van der Waals surface area contributed by atoms with Crippen molar-refractivity contribution in [2.24, 2.45) is 0 Å². The summed E-state index contributed by atoms with van der Waals surface area (Å²) < 4.78 is 23.7. The van der Waals surface area contributed by atoms with E-state index in [2.05, 4.69) is 20.9 Å². The summed E-state index contributed by atoms with van der Waals surface area (Å²) in [4.78, 5) is 28.0. The van der Waals surface area contributed by atoms with Gasteiger partial charge in [-0.25, -0.2) is 9.18 Å². The molecule has 1 saturated heterocycles. The van der Waals surface area contributed by atoms with Crippen molar-refractivity contribution in [3.63, 3.8) is 0 Å². The second-order valence-electron chi connectivity index (χ2n) is 8.38. The zero-order chi connectivity index (χ0) is 25.5. The van der Waals surface area contributed by atoms with E-state index < -0.39 is 6.03 Å². The van der Waals surface area contributed by atoms with E-state index in [0.717, 1.165) is 37.2 Å². The molecule has 3 N–H and O–H groups in total. The number of nitrogens with zero attached hydrogens (tertiary/aromatic N) is 1. The third-order valence-corrected chi connectivity index (χ3v) is 5.97. The van der Waals surface area contributed by atoms with Gasteiger partial charge in [0.05, 0.1) is 25.5 Å². The van der Waals surface area contributed by atoms with Crippen molar-refractivity contribution in [2.45, 2.75) is 19.4 Å². The summed E-state index contributed by atoms with van der Waals surface area (Å²) in [7, 11) is 3.06. The van der Waals surface area contributed by atoms with Crippen molar-refractivity contribution in [1.82, 2.24) is 5.32 Å². The molecule has 0 unspecified atom stereocenters. The first-order valence-electron chi connectivity index (χ1n) is 11.7. The quantitative estimate of drug-likeness (QED) is 0.411. The fourth-order valence-electron chi connectivity index (χ4n) is 4.10. The van der Waals surface area contributed by atoms with Crippen LogP contribution in [0.1, 0.15) is 28.8 Å². The smallest absolute Gasteiger partial charge is 0.323 e. The summed E-state index contributed by atoms with van der Waals surface area (Å²) in [5, 5.41) is 8.45. The van der Waals surface area contributed by atoms with Crippen molar-refractivity contribution < 1.29 is 23.5 Å². The Morgan fingerprint density at radius 2 is 1.67 bits per heavy atom. The van der Waals surface area contributed by atoms with E-state index in [4.69, 9.17) is 9.47 Å². The van der Waals surface area contributed by atoms with Crippen LogP contribution in [0, 0.1) is 5.82 Å². The van der Waals surface area contributed by atoms with Crippen LogP contribution in [0.2, 0.25) is 0 Å². The van der Waals surface area contributed by atoms with Crippen molar-refractivity contribution in [2.75, 3.05) is 42.8 Å². The minimum Gasteiger partial charge on any atom is -0.497 e. The number of methoxy groups -OCH3 is 2. The SMILES string of the molecule is COc1ccc(NC(=O)Nc2ccc(N3CCCC3)c(C(=O)NCc3ccc(F)cc3)c2)c(OC)c1. The molecule has 9 heteroatoms. The molecule has 1 aliphatic rings. The first kappa shape index (κ1) is 24.8. The van der Waals surface area contributed by atoms with Crippen molar-refractivity contribution in [3.8, 4) is 11.5 Å².